The zero-order valence-electron chi connectivity index (χ0n) is 13.0. The van der Waals surface area contributed by atoms with Crippen molar-refractivity contribution >= 4 is 42.8 Å². The zero-order valence-corrected chi connectivity index (χ0v) is 14.7. The Morgan fingerprint density at radius 1 is 1.26 bits per heavy atom. The van der Waals surface area contributed by atoms with Crippen molar-refractivity contribution in [3.05, 3.63) is 47.3 Å². The van der Waals surface area contributed by atoms with Crippen LogP contribution in [-0.4, -0.2) is 41.7 Å². The summed E-state index contributed by atoms with van der Waals surface area (Å²) in [6.45, 7) is 2.69. The first-order valence-electron chi connectivity index (χ1n) is 7.18. The van der Waals surface area contributed by atoms with Crippen molar-refractivity contribution in [3.63, 3.8) is 0 Å². The predicted molar refractivity (Wildman–Crippen MR) is 95.8 cm³/mol. The van der Waals surface area contributed by atoms with Gasteiger partial charge in [0.05, 0.1) is 0 Å². The number of hydrogen-bond acceptors (Lipinski definition) is 5. The Hall–Kier alpha value is -2.37. The van der Waals surface area contributed by atoms with Crippen LogP contribution in [0.4, 0.5) is 11.6 Å². The molecule has 0 amide bonds. The van der Waals surface area contributed by atoms with Crippen molar-refractivity contribution in [2.45, 2.75) is 13.5 Å². The summed E-state index contributed by atoms with van der Waals surface area (Å²) in [5.74, 6) is 1.28. The fourth-order valence-corrected chi connectivity index (χ4v) is 3.10. The Labute approximate surface area is 142 Å². The van der Waals surface area contributed by atoms with Crippen molar-refractivity contribution < 1.29 is 0 Å². The minimum atomic E-state index is 0.529. The molecule has 3 rings (SSSR count). The number of rotatable bonds is 4. The summed E-state index contributed by atoms with van der Waals surface area (Å²) < 4.78 is 2.49. The van der Waals surface area contributed by atoms with E-state index in [0.717, 1.165) is 22.2 Å². The Balaban J connectivity index is 2.22. The summed E-state index contributed by atoms with van der Waals surface area (Å²) in [6.07, 6.45) is 1.53. The van der Waals surface area contributed by atoms with Crippen molar-refractivity contribution in [1.29, 1.82) is 0 Å². The predicted octanol–water partition coefficient (Wildman–Crippen LogP) is 1.02. The molecule has 2 heterocycles. The van der Waals surface area contributed by atoms with Gasteiger partial charge in [0, 0.05) is 0 Å². The SMILES string of the molecule is CNc1ncnc2c1c(C(N)=[Se])c(N)n2Cc1ccc(C)cc1. The van der Waals surface area contributed by atoms with Crippen LogP contribution in [0.15, 0.2) is 30.6 Å². The van der Waals surface area contributed by atoms with Crippen molar-refractivity contribution in [1.82, 2.24) is 14.5 Å². The van der Waals surface area contributed by atoms with Gasteiger partial charge in [-0.2, -0.15) is 0 Å². The number of benzene rings is 1. The van der Waals surface area contributed by atoms with Gasteiger partial charge in [0.25, 0.3) is 0 Å². The molecule has 0 aliphatic rings. The molecule has 0 aliphatic heterocycles. The molecule has 0 bridgehead atoms. The number of nitrogens with zero attached hydrogens (tertiary/aromatic N) is 3. The molecule has 118 valence electrons. The number of nitrogen functional groups attached to an aromatic ring is 1. The first-order valence-corrected chi connectivity index (χ1v) is 8.04. The summed E-state index contributed by atoms with van der Waals surface area (Å²) in [4.78, 5) is 8.68. The quantitative estimate of drug-likeness (QED) is 0.594. The van der Waals surface area contributed by atoms with Crippen LogP contribution >= 0.6 is 0 Å². The van der Waals surface area contributed by atoms with E-state index in [-0.39, 0.29) is 0 Å². The van der Waals surface area contributed by atoms with E-state index < -0.39 is 0 Å². The van der Waals surface area contributed by atoms with Crippen LogP contribution in [0.5, 0.6) is 0 Å². The second-order valence-corrected chi connectivity index (χ2v) is 6.29. The molecule has 0 saturated heterocycles. The van der Waals surface area contributed by atoms with Gasteiger partial charge in [-0.15, -0.1) is 0 Å². The topological polar surface area (TPSA) is 94.8 Å². The average molecular weight is 373 g/mol. The van der Waals surface area contributed by atoms with E-state index in [9.17, 15) is 0 Å². The maximum atomic E-state index is 6.36. The van der Waals surface area contributed by atoms with Crippen LogP contribution in [0, 0.1) is 6.92 Å². The molecule has 0 unspecified atom stereocenters. The molecular weight excluding hydrogens is 355 g/mol. The summed E-state index contributed by atoms with van der Waals surface area (Å²) in [5, 5.41) is 3.90. The monoisotopic (exact) mass is 374 g/mol. The second-order valence-electron chi connectivity index (χ2n) is 5.37. The maximum absolute atomic E-state index is 6.36. The third-order valence-electron chi connectivity index (χ3n) is 3.82. The number of anilines is 2. The van der Waals surface area contributed by atoms with Crippen LogP contribution < -0.4 is 16.8 Å². The Morgan fingerprint density at radius 3 is 2.57 bits per heavy atom. The summed E-state index contributed by atoms with van der Waals surface area (Å²) >= 11 is 2.84. The number of aryl methyl sites for hydroxylation is 1. The molecule has 0 atom stereocenters. The number of hydrogen-bond donors (Lipinski definition) is 3. The molecule has 0 spiro atoms. The van der Waals surface area contributed by atoms with Crippen LogP contribution in [0.2, 0.25) is 0 Å². The molecule has 0 saturated carbocycles. The van der Waals surface area contributed by atoms with Gasteiger partial charge in [0.1, 0.15) is 0 Å². The molecule has 5 N–H and O–H groups in total. The molecule has 0 fully saturated rings. The number of aromatic nitrogens is 3. The minimum absolute atomic E-state index is 0.529. The summed E-state index contributed by atoms with van der Waals surface area (Å²) in [6, 6.07) is 8.34. The van der Waals surface area contributed by atoms with Crippen LogP contribution in [0.25, 0.3) is 11.0 Å². The van der Waals surface area contributed by atoms with E-state index in [1.807, 2.05) is 11.6 Å². The second kappa shape index (κ2) is 6.02. The molecule has 7 heteroatoms. The van der Waals surface area contributed by atoms with Crippen molar-refractivity contribution in [2.24, 2.45) is 5.73 Å². The van der Waals surface area contributed by atoms with Gasteiger partial charge in [-0.3, -0.25) is 0 Å². The van der Waals surface area contributed by atoms with Gasteiger partial charge in [-0.25, -0.2) is 0 Å². The molecule has 6 nitrogen and oxygen atoms in total. The van der Waals surface area contributed by atoms with Crippen molar-refractivity contribution in [2.75, 3.05) is 18.1 Å². The molecular formula is C16H18N6Se. The zero-order chi connectivity index (χ0) is 16.6. The first kappa shape index (κ1) is 15.5. The summed E-state index contributed by atoms with van der Waals surface area (Å²) in [7, 11) is 1.81. The van der Waals surface area contributed by atoms with E-state index in [1.165, 1.54) is 11.9 Å². The Morgan fingerprint density at radius 2 is 1.96 bits per heavy atom. The van der Waals surface area contributed by atoms with E-state index in [2.05, 4.69) is 62.0 Å². The Kier molecular flexibility index (Phi) is 4.07. The molecule has 23 heavy (non-hydrogen) atoms. The van der Waals surface area contributed by atoms with E-state index >= 15 is 0 Å². The fourth-order valence-electron chi connectivity index (χ4n) is 2.66. The Bertz CT molecular complexity index is 882. The molecule has 0 aliphatic carbocycles. The molecule has 3 aromatic rings. The molecule has 2 aromatic heterocycles. The van der Waals surface area contributed by atoms with Gasteiger partial charge < -0.3 is 0 Å². The van der Waals surface area contributed by atoms with Gasteiger partial charge in [0.15, 0.2) is 0 Å². The van der Waals surface area contributed by atoms with E-state index in [1.54, 1.807) is 0 Å². The number of nitrogens with one attached hydrogen (secondary N) is 1. The molecule has 0 radical (unpaired) electrons. The molecule has 1 aromatic carbocycles. The summed E-state index contributed by atoms with van der Waals surface area (Å²) in [5.41, 5.74) is 16.3. The van der Waals surface area contributed by atoms with E-state index in [4.69, 9.17) is 11.5 Å². The standard InChI is InChI=1S/C16H18N6Se/c1-9-3-5-10(6-4-9)7-22-13(17)11(14(18)23)12-15(19-2)20-8-21-16(12)22/h3-6,8H,7,17H2,1-2H3,(H2,18,23)(H,19,20,21). The van der Waals surface area contributed by atoms with Crippen LogP contribution in [-0.2, 0) is 6.54 Å². The number of fused-ring (bicyclic) bond motifs is 1. The fraction of sp³-hybridized carbons (Fsp3) is 0.188. The van der Waals surface area contributed by atoms with Gasteiger partial charge in [0.2, 0.25) is 0 Å². The first-order chi connectivity index (χ1) is 11.0. The third kappa shape index (κ3) is 2.69. The van der Waals surface area contributed by atoms with E-state index in [0.29, 0.717) is 22.7 Å². The van der Waals surface area contributed by atoms with Crippen LogP contribution in [0.1, 0.15) is 16.7 Å². The van der Waals surface area contributed by atoms with Gasteiger partial charge in [-0.1, -0.05) is 0 Å². The third-order valence-corrected chi connectivity index (χ3v) is 4.25. The number of nitrogens with two attached hydrogens (primary N) is 2. The van der Waals surface area contributed by atoms with Crippen molar-refractivity contribution in [3.8, 4) is 0 Å². The average Bonchev–Trinajstić information content (AvgIpc) is 2.82. The van der Waals surface area contributed by atoms with Gasteiger partial charge in [-0.05, 0) is 0 Å². The normalized spacial score (nSPS) is 10.9. The van der Waals surface area contributed by atoms with Gasteiger partial charge >= 0.3 is 142 Å². The van der Waals surface area contributed by atoms with Crippen LogP contribution in [0.3, 0.4) is 0 Å².